The second-order valence-electron chi connectivity index (χ2n) is 4.69. The molecule has 0 aliphatic carbocycles. The van der Waals surface area contributed by atoms with Gasteiger partial charge in [0.05, 0.1) is 13.2 Å². The van der Waals surface area contributed by atoms with Crippen molar-refractivity contribution < 1.29 is 9.84 Å². The van der Waals surface area contributed by atoms with Crippen molar-refractivity contribution in [2.24, 2.45) is 0 Å². The number of rotatable bonds is 2. The van der Waals surface area contributed by atoms with Gasteiger partial charge in [-0.1, -0.05) is 23.7 Å². The number of aromatic amines is 1. The van der Waals surface area contributed by atoms with Crippen LogP contribution in [0, 0.1) is 0 Å². The van der Waals surface area contributed by atoms with E-state index in [1.54, 1.807) is 24.3 Å². The number of aromatic nitrogens is 2. The molecule has 21 heavy (non-hydrogen) atoms. The lowest BCUT2D eigenvalue weighted by molar-refractivity contribution is 0.122. The third-order valence-electron chi connectivity index (χ3n) is 3.33. The summed E-state index contributed by atoms with van der Waals surface area (Å²) >= 11 is 5.82. The molecule has 0 atom stereocenters. The first kappa shape index (κ1) is 13.9. The predicted octanol–water partition coefficient (Wildman–Crippen LogP) is 1.63. The van der Waals surface area contributed by atoms with Gasteiger partial charge in [0.15, 0.2) is 0 Å². The second kappa shape index (κ2) is 5.75. The molecule has 0 spiro atoms. The predicted molar refractivity (Wildman–Crippen MR) is 80.0 cm³/mol. The number of morpholine rings is 1. The van der Waals surface area contributed by atoms with Gasteiger partial charge in [0.1, 0.15) is 5.56 Å². The molecule has 1 saturated heterocycles. The van der Waals surface area contributed by atoms with Crippen LogP contribution in [0.15, 0.2) is 29.1 Å². The van der Waals surface area contributed by atoms with E-state index >= 15 is 0 Å². The maximum atomic E-state index is 12.2. The van der Waals surface area contributed by atoms with Crippen LogP contribution >= 0.6 is 11.6 Å². The van der Waals surface area contributed by atoms with E-state index in [1.807, 2.05) is 4.90 Å². The summed E-state index contributed by atoms with van der Waals surface area (Å²) in [5.74, 6) is 0.0704. The summed E-state index contributed by atoms with van der Waals surface area (Å²) in [5, 5.41) is 10.7. The summed E-state index contributed by atoms with van der Waals surface area (Å²) in [4.78, 5) is 20.9. The van der Waals surface area contributed by atoms with E-state index in [2.05, 4.69) is 9.97 Å². The fourth-order valence-electron chi connectivity index (χ4n) is 2.25. The number of ether oxygens (including phenoxy) is 1. The summed E-state index contributed by atoms with van der Waals surface area (Å²) in [6.07, 6.45) is 0. The number of benzene rings is 1. The lowest BCUT2D eigenvalue weighted by atomic mass is 10.1. The molecule has 1 aromatic heterocycles. The number of hydrogen-bond donors (Lipinski definition) is 2. The Morgan fingerprint density at radius 1 is 1.24 bits per heavy atom. The molecular formula is C14H14ClN3O3. The summed E-state index contributed by atoms with van der Waals surface area (Å²) in [6, 6.07) is 6.66. The maximum absolute atomic E-state index is 12.2. The largest absolute Gasteiger partial charge is 0.493 e. The molecule has 6 nitrogen and oxygen atoms in total. The fraction of sp³-hybridized carbons (Fsp3) is 0.286. The Hall–Kier alpha value is -2.05. The molecule has 2 aromatic rings. The molecule has 7 heteroatoms. The summed E-state index contributed by atoms with van der Waals surface area (Å²) in [5.41, 5.74) is 0.328. The van der Waals surface area contributed by atoms with Crippen molar-refractivity contribution in [3.05, 3.63) is 39.6 Å². The summed E-state index contributed by atoms with van der Waals surface area (Å²) < 4.78 is 5.25. The number of hydrogen-bond acceptors (Lipinski definition) is 5. The highest BCUT2D eigenvalue weighted by atomic mass is 35.5. The van der Waals surface area contributed by atoms with Gasteiger partial charge in [-0.3, -0.25) is 9.78 Å². The van der Waals surface area contributed by atoms with Gasteiger partial charge >= 0.3 is 0 Å². The molecule has 2 heterocycles. The van der Waals surface area contributed by atoms with Crippen molar-refractivity contribution in [3.8, 4) is 17.0 Å². The zero-order chi connectivity index (χ0) is 14.8. The van der Waals surface area contributed by atoms with Crippen LogP contribution in [0.2, 0.25) is 5.02 Å². The number of nitrogens with one attached hydrogen (secondary N) is 1. The van der Waals surface area contributed by atoms with Crippen molar-refractivity contribution in [3.63, 3.8) is 0 Å². The Morgan fingerprint density at radius 2 is 1.90 bits per heavy atom. The lowest BCUT2D eigenvalue weighted by Crippen LogP contribution is -2.38. The van der Waals surface area contributed by atoms with Gasteiger partial charge in [-0.2, -0.15) is 4.98 Å². The molecule has 2 N–H and O–H groups in total. The van der Waals surface area contributed by atoms with E-state index in [9.17, 15) is 9.90 Å². The smallest absolute Gasteiger partial charge is 0.264 e. The first-order valence-electron chi connectivity index (χ1n) is 6.57. The Labute approximate surface area is 126 Å². The highest BCUT2D eigenvalue weighted by Crippen LogP contribution is 2.26. The standard InChI is InChI=1S/C14H14ClN3O3/c15-10-3-1-9(2-4-10)11-12(19)16-14(17-13(11)20)18-5-7-21-8-6-18/h1-4H,5-8H2,(H2,16,17,19,20). The van der Waals surface area contributed by atoms with Gasteiger partial charge < -0.3 is 14.7 Å². The van der Waals surface area contributed by atoms with E-state index in [0.29, 0.717) is 42.8 Å². The van der Waals surface area contributed by atoms with E-state index in [0.717, 1.165) is 0 Å². The van der Waals surface area contributed by atoms with E-state index in [4.69, 9.17) is 16.3 Å². The first-order valence-corrected chi connectivity index (χ1v) is 6.95. The van der Waals surface area contributed by atoms with Gasteiger partial charge in [0, 0.05) is 18.1 Å². The van der Waals surface area contributed by atoms with Crippen LogP contribution in [0.25, 0.3) is 11.1 Å². The normalized spacial score (nSPS) is 15.2. The summed E-state index contributed by atoms with van der Waals surface area (Å²) in [6.45, 7) is 2.40. The topological polar surface area (TPSA) is 78.5 Å². The number of nitrogens with zero attached hydrogens (tertiary/aromatic N) is 2. The quantitative estimate of drug-likeness (QED) is 0.881. The first-order chi connectivity index (χ1) is 10.1. The molecule has 1 fully saturated rings. The molecule has 0 saturated carbocycles. The third kappa shape index (κ3) is 2.86. The van der Waals surface area contributed by atoms with Crippen molar-refractivity contribution in [1.29, 1.82) is 0 Å². The van der Waals surface area contributed by atoms with E-state index in [1.165, 1.54) is 0 Å². The van der Waals surface area contributed by atoms with Crippen LogP contribution in [0.3, 0.4) is 0 Å². The number of anilines is 1. The Morgan fingerprint density at radius 3 is 2.52 bits per heavy atom. The minimum absolute atomic E-state index is 0.142. The van der Waals surface area contributed by atoms with Crippen LogP contribution < -0.4 is 10.5 Å². The highest BCUT2D eigenvalue weighted by Gasteiger charge is 2.18. The van der Waals surface area contributed by atoms with Gasteiger partial charge in [0.25, 0.3) is 5.56 Å². The minimum Gasteiger partial charge on any atom is -0.493 e. The monoisotopic (exact) mass is 307 g/mol. The van der Waals surface area contributed by atoms with Crippen LogP contribution in [-0.4, -0.2) is 41.4 Å². The second-order valence-corrected chi connectivity index (χ2v) is 5.13. The molecule has 0 bridgehead atoms. The Bertz CT molecular complexity index is 694. The SMILES string of the molecule is O=c1[nH]c(N2CCOCC2)nc(O)c1-c1ccc(Cl)cc1. The molecule has 1 aliphatic rings. The van der Waals surface area contributed by atoms with Gasteiger partial charge in [0.2, 0.25) is 11.8 Å². The molecule has 110 valence electrons. The minimum atomic E-state index is -0.383. The van der Waals surface area contributed by atoms with E-state index < -0.39 is 0 Å². The van der Waals surface area contributed by atoms with Crippen molar-refractivity contribution >= 4 is 17.5 Å². The average molecular weight is 308 g/mol. The molecular weight excluding hydrogens is 294 g/mol. The van der Waals surface area contributed by atoms with Crippen LogP contribution in [0.4, 0.5) is 5.95 Å². The molecule has 0 radical (unpaired) electrons. The molecule has 1 aromatic carbocycles. The van der Waals surface area contributed by atoms with Crippen molar-refractivity contribution in [1.82, 2.24) is 9.97 Å². The maximum Gasteiger partial charge on any atom is 0.264 e. The van der Waals surface area contributed by atoms with E-state index in [-0.39, 0.29) is 17.0 Å². The molecule has 0 amide bonds. The van der Waals surface area contributed by atoms with Crippen molar-refractivity contribution in [2.45, 2.75) is 0 Å². The molecule has 3 rings (SSSR count). The average Bonchev–Trinajstić information content (AvgIpc) is 2.49. The zero-order valence-electron chi connectivity index (χ0n) is 11.2. The fourth-order valence-corrected chi connectivity index (χ4v) is 2.38. The number of aromatic hydroxyl groups is 1. The molecule has 0 unspecified atom stereocenters. The van der Waals surface area contributed by atoms with Crippen LogP contribution in [0.1, 0.15) is 0 Å². The lowest BCUT2D eigenvalue weighted by Gasteiger charge is -2.27. The van der Waals surface area contributed by atoms with Crippen LogP contribution in [0.5, 0.6) is 5.88 Å². The third-order valence-corrected chi connectivity index (χ3v) is 3.58. The zero-order valence-corrected chi connectivity index (χ0v) is 11.9. The molecule has 1 aliphatic heterocycles. The van der Waals surface area contributed by atoms with Gasteiger partial charge in [-0.05, 0) is 17.7 Å². The summed E-state index contributed by atoms with van der Waals surface area (Å²) in [7, 11) is 0. The van der Waals surface area contributed by atoms with Gasteiger partial charge in [-0.15, -0.1) is 0 Å². The highest BCUT2D eigenvalue weighted by molar-refractivity contribution is 6.30. The number of halogens is 1. The van der Waals surface area contributed by atoms with Crippen LogP contribution in [-0.2, 0) is 4.74 Å². The van der Waals surface area contributed by atoms with Crippen molar-refractivity contribution in [2.75, 3.05) is 31.2 Å². The van der Waals surface area contributed by atoms with Gasteiger partial charge in [-0.25, -0.2) is 0 Å². The number of H-pyrrole nitrogens is 1. The Balaban J connectivity index is 2.00. The Kier molecular flexibility index (Phi) is 3.81.